The Labute approximate surface area is 102 Å². The van der Waals surface area contributed by atoms with Crippen molar-refractivity contribution in [2.24, 2.45) is 11.7 Å². The average molecular weight is 236 g/mol. The molecular formula is C13H20N2O2. The van der Waals surface area contributed by atoms with Crippen molar-refractivity contribution in [2.45, 2.75) is 33.0 Å². The van der Waals surface area contributed by atoms with Crippen molar-refractivity contribution >= 4 is 5.91 Å². The van der Waals surface area contributed by atoms with Crippen LogP contribution < -0.4 is 11.1 Å². The zero-order valence-corrected chi connectivity index (χ0v) is 10.3. The predicted octanol–water partition coefficient (Wildman–Crippen LogP) is 0.778. The summed E-state index contributed by atoms with van der Waals surface area (Å²) in [4.78, 5) is 11.2. The fourth-order valence-corrected chi connectivity index (χ4v) is 1.66. The van der Waals surface area contributed by atoms with Gasteiger partial charge in [-0.05, 0) is 17.0 Å². The number of carbonyl (C=O) groups excluding carboxylic acids is 1. The van der Waals surface area contributed by atoms with Gasteiger partial charge in [0.1, 0.15) is 0 Å². The summed E-state index contributed by atoms with van der Waals surface area (Å²) in [5.41, 5.74) is 7.26. The van der Waals surface area contributed by atoms with Gasteiger partial charge in [0.25, 0.3) is 0 Å². The number of nitrogens with one attached hydrogen (secondary N) is 1. The fourth-order valence-electron chi connectivity index (χ4n) is 1.66. The first kappa shape index (κ1) is 13.7. The molecule has 1 unspecified atom stereocenters. The lowest BCUT2D eigenvalue weighted by Gasteiger charge is -2.19. The standard InChI is InChI=1S/C13H20N2O2/c1-9(2)12(13(14)17)15-7-10-3-5-11(8-16)6-4-10/h3-6,9,12,15-16H,7-8H2,1-2H3,(H2,14,17). The van der Waals surface area contributed by atoms with Crippen LogP contribution in [0.25, 0.3) is 0 Å². The summed E-state index contributed by atoms with van der Waals surface area (Å²) in [7, 11) is 0. The van der Waals surface area contributed by atoms with E-state index >= 15 is 0 Å². The SMILES string of the molecule is CC(C)C(NCc1ccc(CO)cc1)C(N)=O. The van der Waals surface area contributed by atoms with Gasteiger partial charge in [-0.1, -0.05) is 38.1 Å². The smallest absolute Gasteiger partial charge is 0.234 e. The Bertz CT molecular complexity index is 360. The second kappa shape index (κ2) is 6.37. The van der Waals surface area contributed by atoms with Crippen LogP contribution >= 0.6 is 0 Å². The number of hydrogen-bond donors (Lipinski definition) is 3. The highest BCUT2D eigenvalue weighted by Gasteiger charge is 2.18. The molecule has 0 aromatic heterocycles. The normalized spacial score (nSPS) is 12.7. The van der Waals surface area contributed by atoms with E-state index in [2.05, 4.69) is 5.32 Å². The lowest BCUT2D eigenvalue weighted by molar-refractivity contribution is -0.121. The zero-order chi connectivity index (χ0) is 12.8. The minimum absolute atomic E-state index is 0.0453. The van der Waals surface area contributed by atoms with Gasteiger partial charge in [-0.3, -0.25) is 4.79 Å². The molecule has 0 aliphatic rings. The maximum absolute atomic E-state index is 11.2. The van der Waals surface area contributed by atoms with E-state index in [1.807, 2.05) is 38.1 Å². The fraction of sp³-hybridized carbons (Fsp3) is 0.462. The summed E-state index contributed by atoms with van der Waals surface area (Å²) in [5, 5.41) is 12.1. The molecule has 17 heavy (non-hydrogen) atoms. The van der Waals surface area contributed by atoms with Crippen LogP contribution in [0.15, 0.2) is 24.3 Å². The average Bonchev–Trinajstić information content (AvgIpc) is 2.29. The number of nitrogens with two attached hydrogens (primary N) is 1. The van der Waals surface area contributed by atoms with Crippen molar-refractivity contribution in [3.8, 4) is 0 Å². The van der Waals surface area contributed by atoms with Gasteiger partial charge in [0.2, 0.25) is 5.91 Å². The van der Waals surface area contributed by atoms with Crippen molar-refractivity contribution < 1.29 is 9.90 Å². The molecule has 0 saturated carbocycles. The van der Waals surface area contributed by atoms with Crippen molar-refractivity contribution in [1.29, 1.82) is 0 Å². The monoisotopic (exact) mass is 236 g/mol. The molecule has 94 valence electrons. The Hall–Kier alpha value is -1.39. The number of amides is 1. The van der Waals surface area contributed by atoms with E-state index in [9.17, 15) is 4.79 Å². The van der Waals surface area contributed by atoms with Crippen LogP contribution in [0, 0.1) is 5.92 Å². The van der Waals surface area contributed by atoms with Gasteiger partial charge in [-0.2, -0.15) is 0 Å². The van der Waals surface area contributed by atoms with Gasteiger partial charge in [0.05, 0.1) is 12.6 Å². The van der Waals surface area contributed by atoms with Gasteiger partial charge in [0, 0.05) is 6.54 Å². The second-order valence-electron chi connectivity index (χ2n) is 4.48. The van der Waals surface area contributed by atoms with Gasteiger partial charge < -0.3 is 16.2 Å². The van der Waals surface area contributed by atoms with E-state index in [0.717, 1.165) is 11.1 Å². The van der Waals surface area contributed by atoms with Crippen LogP contribution in [0.2, 0.25) is 0 Å². The first-order valence-electron chi connectivity index (χ1n) is 5.76. The number of carbonyl (C=O) groups is 1. The number of hydrogen-bond acceptors (Lipinski definition) is 3. The molecule has 1 rings (SSSR count). The Morgan fingerprint density at radius 1 is 1.29 bits per heavy atom. The molecule has 0 fully saturated rings. The van der Waals surface area contributed by atoms with Crippen LogP contribution in [0.3, 0.4) is 0 Å². The van der Waals surface area contributed by atoms with E-state index < -0.39 is 0 Å². The number of benzene rings is 1. The summed E-state index contributed by atoms with van der Waals surface area (Å²) >= 11 is 0. The van der Waals surface area contributed by atoms with Gasteiger partial charge in [-0.25, -0.2) is 0 Å². The molecule has 0 radical (unpaired) electrons. The summed E-state index contributed by atoms with van der Waals surface area (Å²) in [6, 6.07) is 7.28. The molecule has 0 heterocycles. The Morgan fingerprint density at radius 3 is 2.24 bits per heavy atom. The summed E-state index contributed by atoms with van der Waals surface area (Å²) in [5.74, 6) is -0.156. The largest absolute Gasteiger partial charge is 0.392 e. The van der Waals surface area contributed by atoms with Gasteiger partial charge in [0.15, 0.2) is 0 Å². The summed E-state index contributed by atoms with van der Waals surface area (Å²) < 4.78 is 0. The van der Waals surface area contributed by atoms with Crippen molar-refractivity contribution in [3.05, 3.63) is 35.4 Å². The van der Waals surface area contributed by atoms with E-state index in [4.69, 9.17) is 10.8 Å². The first-order valence-corrected chi connectivity index (χ1v) is 5.76. The number of aliphatic hydroxyl groups excluding tert-OH is 1. The topological polar surface area (TPSA) is 75.3 Å². The highest BCUT2D eigenvalue weighted by molar-refractivity contribution is 5.80. The van der Waals surface area contributed by atoms with E-state index in [-0.39, 0.29) is 24.5 Å². The molecule has 0 bridgehead atoms. The van der Waals surface area contributed by atoms with Crippen molar-refractivity contribution in [1.82, 2.24) is 5.32 Å². The molecule has 4 N–H and O–H groups in total. The lowest BCUT2D eigenvalue weighted by atomic mass is 10.0. The third-order valence-electron chi connectivity index (χ3n) is 2.70. The van der Waals surface area contributed by atoms with Gasteiger partial charge >= 0.3 is 0 Å². The van der Waals surface area contributed by atoms with Crippen LogP contribution in [0.1, 0.15) is 25.0 Å². The summed E-state index contributed by atoms with van der Waals surface area (Å²) in [6.45, 7) is 4.55. The maximum atomic E-state index is 11.2. The predicted molar refractivity (Wildman–Crippen MR) is 67.0 cm³/mol. The molecule has 1 amide bonds. The molecule has 4 nitrogen and oxygen atoms in total. The lowest BCUT2D eigenvalue weighted by Crippen LogP contribution is -2.44. The van der Waals surface area contributed by atoms with Crippen LogP contribution in [-0.4, -0.2) is 17.1 Å². The third-order valence-corrected chi connectivity index (χ3v) is 2.70. The minimum atomic E-state index is -0.327. The van der Waals surface area contributed by atoms with Crippen LogP contribution in [0.5, 0.6) is 0 Å². The highest BCUT2D eigenvalue weighted by Crippen LogP contribution is 2.06. The van der Waals surface area contributed by atoms with E-state index in [1.54, 1.807) is 0 Å². The molecule has 0 spiro atoms. The second-order valence-corrected chi connectivity index (χ2v) is 4.48. The molecule has 1 aromatic rings. The summed E-state index contributed by atoms with van der Waals surface area (Å²) in [6.07, 6.45) is 0. The van der Waals surface area contributed by atoms with Crippen molar-refractivity contribution in [2.75, 3.05) is 0 Å². The maximum Gasteiger partial charge on any atom is 0.234 e. The first-order chi connectivity index (χ1) is 8.04. The van der Waals surface area contributed by atoms with Crippen molar-refractivity contribution in [3.63, 3.8) is 0 Å². The Kier molecular flexibility index (Phi) is 5.12. The molecule has 1 atom stereocenters. The minimum Gasteiger partial charge on any atom is -0.392 e. The number of aliphatic hydroxyl groups is 1. The third kappa shape index (κ3) is 4.17. The van der Waals surface area contributed by atoms with E-state index in [0.29, 0.717) is 6.54 Å². The molecule has 0 aliphatic heterocycles. The Balaban J connectivity index is 2.56. The molecular weight excluding hydrogens is 216 g/mol. The van der Waals surface area contributed by atoms with Crippen LogP contribution in [0.4, 0.5) is 0 Å². The molecule has 4 heteroatoms. The number of primary amides is 1. The quantitative estimate of drug-likeness (QED) is 0.683. The van der Waals surface area contributed by atoms with Gasteiger partial charge in [-0.15, -0.1) is 0 Å². The molecule has 0 aliphatic carbocycles. The number of rotatable bonds is 6. The Morgan fingerprint density at radius 2 is 1.82 bits per heavy atom. The van der Waals surface area contributed by atoms with E-state index in [1.165, 1.54) is 0 Å². The zero-order valence-electron chi connectivity index (χ0n) is 10.3. The molecule has 0 saturated heterocycles. The molecule has 1 aromatic carbocycles. The highest BCUT2D eigenvalue weighted by atomic mass is 16.3. The van der Waals surface area contributed by atoms with Crippen LogP contribution in [-0.2, 0) is 17.9 Å².